The van der Waals surface area contributed by atoms with E-state index >= 15 is 0 Å². The summed E-state index contributed by atoms with van der Waals surface area (Å²) in [6.45, 7) is 0. The Morgan fingerprint density at radius 2 is 1.90 bits per heavy atom. The minimum absolute atomic E-state index is 0.170. The highest BCUT2D eigenvalue weighted by atomic mass is 32.2. The van der Waals surface area contributed by atoms with Gasteiger partial charge in [0.2, 0.25) is 5.95 Å². The van der Waals surface area contributed by atoms with Crippen molar-refractivity contribution in [3.8, 4) is 0 Å². The van der Waals surface area contributed by atoms with Crippen LogP contribution in [0.4, 0.5) is 5.95 Å². The number of aromatic nitrogens is 2. The number of thioether (sulfide) groups is 1. The molecular weight excluding hydrogens is 270 g/mol. The molecule has 0 aliphatic rings. The number of para-hydroxylation sites is 2. The van der Waals surface area contributed by atoms with Crippen LogP contribution < -0.4 is 5.32 Å². The lowest BCUT2D eigenvalue weighted by atomic mass is 10.2. The molecule has 0 saturated heterocycles. The zero-order valence-electron chi connectivity index (χ0n) is 10.9. The molecule has 0 spiro atoms. The van der Waals surface area contributed by atoms with Crippen LogP contribution in [-0.4, -0.2) is 22.1 Å². The number of nitrogens with zero attached hydrogens (tertiary/aromatic N) is 1. The van der Waals surface area contributed by atoms with E-state index in [4.69, 9.17) is 0 Å². The van der Waals surface area contributed by atoms with Gasteiger partial charge in [-0.05, 0) is 42.7 Å². The van der Waals surface area contributed by atoms with Crippen LogP contribution in [0.3, 0.4) is 0 Å². The number of anilines is 1. The van der Waals surface area contributed by atoms with Crippen molar-refractivity contribution in [2.24, 2.45) is 0 Å². The smallest absolute Gasteiger partial charge is 0.257 e. The number of imidazole rings is 1. The highest BCUT2D eigenvalue weighted by Gasteiger charge is 2.08. The normalized spacial score (nSPS) is 10.7. The van der Waals surface area contributed by atoms with Crippen LogP contribution in [0.25, 0.3) is 11.0 Å². The Morgan fingerprint density at radius 1 is 1.15 bits per heavy atom. The SMILES string of the molecule is CSc1ccc(C(=O)Nc2nc3ccccc3[nH]2)cc1. The lowest BCUT2D eigenvalue weighted by Crippen LogP contribution is -2.12. The molecule has 0 atom stereocenters. The summed E-state index contributed by atoms with van der Waals surface area (Å²) >= 11 is 1.65. The van der Waals surface area contributed by atoms with Crippen molar-refractivity contribution in [3.63, 3.8) is 0 Å². The fourth-order valence-corrected chi connectivity index (χ4v) is 2.34. The fraction of sp³-hybridized carbons (Fsp3) is 0.0667. The number of H-pyrrole nitrogens is 1. The second-order valence-corrected chi connectivity index (χ2v) is 5.16. The van der Waals surface area contributed by atoms with E-state index in [2.05, 4.69) is 15.3 Å². The fourth-order valence-electron chi connectivity index (χ4n) is 1.93. The van der Waals surface area contributed by atoms with E-state index in [1.165, 1.54) is 0 Å². The summed E-state index contributed by atoms with van der Waals surface area (Å²) in [6.07, 6.45) is 2.00. The number of amides is 1. The van der Waals surface area contributed by atoms with E-state index in [0.717, 1.165) is 15.9 Å². The molecular formula is C15H13N3OS. The summed E-state index contributed by atoms with van der Waals surface area (Å²) in [7, 11) is 0. The molecule has 0 bridgehead atoms. The summed E-state index contributed by atoms with van der Waals surface area (Å²) in [5, 5.41) is 2.77. The van der Waals surface area contributed by atoms with E-state index in [1.54, 1.807) is 11.8 Å². The molecule has 2 N–H and O–H groups in total. The molecule has 1 heterocycles. The molecule has 0 unspecified atom stereocenters. The highest BCUT2D eigenvalue weighted by Crippen LogP contribution is 2.17. The molecule has 0 fully saturated rings. The van der Waals surface area contributed by atoms with E-state index in [-0.39, 0.29) is 5.91 Å². The maximum atomic E-state index is 12.1. The number of benzene rings is 2. The molecule has 1 amide bonds. The number of hydrogen-bond acceptors (Lipinski definition) is 3. The van der Waals surface area contributed by atoms with Crippen LogP contribution in [0.15, 0.2) is 53.4 Å². The third kappa shape index (κ3) is 2.53. The molecule has 3 rings (SSSR count). The number of fused-ring (bicyclic) bond motifs is 1. The minimum Gasteiger partial charge on any atom is -0.324 e. The Labute approximate surface area is 120 Å². The molecule has 3 aromatic rings. The first-order chi connectivity index (χ1) is 9.76. The Kier molecular flexibility index (Phi) is 3.43. The average molecular weight is 283 g/mol. The van der Waals surface area contributed by atoms with Crippen molar-refractivity contribution in [1.82, 2.24) is 9.97 Å². The van der Waals surface area contributed by atoms with Crippen molar-refractivity contribution >= 4 is 34.7 Å². The predicted octanol–water partition coefficient (Wildman–Crippen LogP) is 3.54. The predicted molar refractivity (Wildman–Crippen MR) is 82.3 cm³/mol. The van der Waals surface area contributed by atoms with Gasteiger partial charge < -0.3 is 4.98 Å². The summed E-state index contributed by atoms with van der Waals surface area (Å²) in [4.78, 5) is 20.6. The van der Waals surface area contributed by atoms with E-state index in [1.807, 2.05) is 54.8 Å². The Morgan fingerprint density at radius 3 is 2.60 bits per heavy atom. The maximum Gasteiger partial charge on any atom is 0.257 e. The molecule has 100 valence electrons. The Bertz CT molecular complexity index is 716. The van der Waals surface area contributed by atoms with Crippen LogP contribution in [0.1, 0.15) is 10.4 Å². The summed E-state index contributed by atoms with van der Waals surface area (Å²) in [5.41, 5.74) is 2.35. The second kappa shape index (κ2) is 5.38. The topological polar surface area (TPSA) is 57.8 Å². The van der Waals surface area contributed by atoms with Crippen molar-refractivity contribution in [3.05, 3.63) is 54.1 Å². The van der Waals surface area contributed by atoms with E-state index < -0.39 is 0 Å². The van der Waals surface area contributed by atoms with Gasteiger partial charge in [-0.2, -0.15) is 0 Å². The van der Waals surface area contributed by atoms with Gasteiger partial charge in [-0.15, -0.1) is 11.8 Å². The van der Waals surface area contributed by atoms with Crippen LogP contribution in [0.5, 0.6) is 0 Å². The van der Waals surface area contributed by atoms with Gasteiger partial charge in [0.25, 0.3) is 5.91 Å². The zero-order chi connectivity index (χ0) is 13.9. The highest BCUT2D eigenvalue weighted by molar-refractivity contribution is 7.98. The lowest BCUT2D eigenvalue weighted by molar-refractivity contribution is 0.102. The molecule has 0 aliphatic carbocycles. The molecule has 2 aromatic carbocycles. The minimum atomic E-state index is -0.170. The number of carbonyl (C=O) groups is 1. The summed E-state index contributed by atoms with van der Waals surface area (Å²) in [5.74, 6) is 0.293. The van der Waals surface area contributed by atoms with Crippen LogP contribution >= 0.6 is 11.8 Å². The van der Waals surface area contributed by atoms with Crippen LogP contribution in [0, 0.1) is 0 Å². The molecule has 0 radical (unpaired) electrons. The third-order valence-corrected chi connectivity index (χ3v) is 3.72. The largest absolute Gasteiger partial charge is 0.324 e. The van der Waals surface area contributed by atoms with Crippen molar-refractivity contribution in [2.45, 2.75) is 4.90 Å². The maximum absolute atomic E-state index is 12.1. The van der Waals surface area contributed by atoms with Crippen molar-refractivity contribution in [1.29, 1.82) is 0 Å². The molecule has 5 heteroatoms. The first kappa shape index (κ1) is 12.7. The molecule has 0 saturated carbocycles. The number of hydrogen-bond donors (Lipinski definition) is 2. The molecule has 1 aromatic heterocycles. The standard InChI is InChI=1S/C15H13N3OS/c1-20-11-8-6-10(7-9-11)14(19)18-15-16-12-4-2-3-5-13(12)17-15/h2-9H,1H3,(H2,16,17,18,19). The van der Waals surface area contributed by atoms with Crippen LogP contribution in [0.2, 0.25) is 0 Å². The third-order valence-electron chi connectivity index (χ3n) is 2.97. The molecule has 0 aliphatic heterocycles. The number of aromatic amines is 1. The number of rotatable bonds is 3. The summed E-state index contributed by atoms with van der Waals surface area (Å²) < 4.78 is 0. The van der Waals surface area contributed by atoms with Gasteiger partial charge in [0, 0.05) is 10.5 Å². The van der Waals surface area contributed by atoms with E-state index in [9.17, 15) is 4.79 Å². The molecule has 20 heavy (non-hydrogen) atoms. The number of nitrogens with one attached hydrogen (secondary N) is 2. The van der Waals surface area contributed by atoms with Gasteiger partial charge in [0.1, 0.15) is 0 Å². The summed E-state index contributed by atoms with van der Waals surface area (Å²) in [6, 6.07) is 15.1. The molecule has 4 nitrogen and oxygen atoms in total. The van der Waals surface area contributed by atoms with Gasteiger partial charge >= 0.3 is 0 Å². The van der Waals surface area contributed by atoms with Gasteiger partial charge in [0.05, 0.1) is 11.0 Å². The van der Waals surface area contributed by atoms with Crippen molar-refractivity contribution in [2.75, 3.05) is 11.6 Å². The first-order valence-corrected chi connectivity index (χ1v) is 7.39. The van der Waals surface area contributed by atoms with Gasteiger partial charge in [-0.3, -0.25) is 10.1 Å². The quantitative estimate of drug-likeness (QED) is 0.723. The van der Waals surface area contributed by atoms with Gasteiger partial charge in [-0.1, -0.05) is 12.1 Å². The number of carbonyl (C=O) groups excluding carboxylic acids is 1. The van der Waals surface area contributed by atoms with Crippen LogP contribution in [-0.2, 0) is 0 Å². The first-order valence-electron chi connectivity index (χ1n) is 6.16. The Hall–Kier alpha value is -2.27. The van der Waals surface area contributed by atoms with Crippen molar-refractivity contribution < 1.29 is 4.79 Å². The van der Waals surface area contributed by atoms with Gasteiger partial charge in [-0.25, -0.2) is 4.98 Å². The second-order valence-electron chi connectivity index (χ2n) is 4.29. The monoisotopic (exact) mass is 283 g/mol. The lowest BCUT2D eigenvalue weighted by Gasteiger charge is -2.02. The Balaban J connectivity index is 1.80. The van der Waals surface area contributed by atoms with E-state index in [0.29, 0.717) is 11.5 Å². The van der Waals surface area contributed by atoms with Gasteiger partial charge in [0.15, 0.2) is 0 Å². The zero-order valence-corrected chi connectivity index (χ0v) is 11.7. The average Bonchev–Trinajstić information content (AvgIpc) is 2.89.